The van der Waals surface area contributed by atoms with Crippen molar-refractivity contribution in [2.75, 3.05) is 23.8 Å². The molecule has 0 N–H and O–H groups in total. The Balaban J connectivity index is 1.88. The summed E-state index contributed by atoms with van der Waals surface area (Å²) >= 11 is 2.88. The third kappa shape index (κ3) is 4.30. The van der Waals surface area contributed by atoms with Crippen LogP contribution >= 0.6 is 23.1 Å². The van der Waals surface area contributed by atoms with Crippen molar-refractivity contribution in [3.8, 4) is 0 Å². The Morgan fingerprint density at radius 3 is 2.79 bits per heavy atom. The van der Waals surface area contributed by atoms with Gasteiger partial charge in [-0.15, -0.1) is 11.8 Å². The Hall–Kier alpha value is -1.61. The fraction of sp³-hybridized carbons (Fsp3) is 0.700. The molecule has 0 radical (unpaired) electrons. The molecule has 0 bridgehead atoms. The molecule has 0 aliphatic carbocycles. The number of aryl methyl sites for hydroxylation is 1. The lowest BCUT2D eigenvalue weighted by Crippen LogP contribution is -2.51. The van der Waals surface area contributed by atoms with Gasteiger partial charge in [-0.2, -0.15) is 0 Å². The number of carbonyl (C=O) groups is 3. The van der Waals surface area contributed by atoms with Gasteiger partial charge in [0.2, 0.25) is 5.91 Å². The fourth-order valence-electron chi connectivity index (χ4n) is 3.89. The summed E-state index contributed by atoms with van der Waals surface area (Å²) in [5.74, 6) is 0.137. The number of anilines is 1. The number of unbranched alkanes of at least 4 members (excludes halogenated alkanes) is 2. The van der Waals surface area contributed by atoms with Crippen LogP contribution in [0.2, 0.25) is 0 Å². The van der Waals surface area contributed by atoms with Crippen molar-refractivity contribution >= 4 is 46.0 Å². The van der Waals surface area contributed by atoms with E-state index in [-0.39, 0.29) is 16.7 Å². The Bertz CT molecular complexity index is 797. The van der Waals surface area contributed by atoms with E-state index in [1.807, 2.05) is 6.92 Å². The van der Waals surface area contributed by atoms with Crippen LogP contribution in [0.3, 0.4) is 0 Å². The SMILES string of the molecule is CCCCCN(C(=O)C1CSC2(C)CCC(=O)N12)c1nc(C)c(C(=O)OCC)s1. The maximum Gasteiger partial charge on any atom is 0.350 e. The summed E-state index contributed by atoms with van der Waals surface area (Å²) in [5.41, 5.74) is 0.569. The van der Waals surface area contributed by atoms with E-state index in [9.17, 15) is 14.4 Å². The highest BCUT2D eigenvalue weighted by atomic mass is 32.2. The molecule has 160 valence electrons. The van der Waals surface area contributed by atoms with Crippen molar-refractivity contribution in [1.82, 2.24) is 9.88 Å². The van der Waals surface area contributed by atoms with Crippen LogP contribution in [-0.2, 0) is 14.3 Å². The van der Waals surface area contributed by atoms with Crippen molar-refractivity contribution in [2.24, 2.45) is 0 Å². The van der Waals surface area contributed by atoms with Gasteiger partial charge in [0, 0.05) is 18.7 Å². The first-order valence-corrected chi connectivity index (χ1v) is 12.0. The molecule has 29 heavy (non-hydrogen) atoms. The van der Waals surface area contributed by atoms with E-state index in [4.69, 9.17) is 4.74 Å². The predicted molar refractivity (Wildman–Crippen MR) is 115 cm³/mol. The fourth-order valence-corrected chi connectivity index (χ4v) is 6.30. The average molecular weight is 440 g/mol. The molecule has 2 aliphatic heterocycles. The first-order valence-electron chi connectivity index (χ1n) is 10.2. The van der Waals surface area contributed by atoms with Crippen molar-refractivity contribution in [3.63, 3.8) is 0 Å². The summed E-state index contributed by atoms with van der Waals surface area (Å²) in [5, 5.41) is 0.511. The monoisotopic (exact) mass is 439 g/mol. The van der Waals surface area contributed by atoms with Crippen LogP contribution < -0.4 is 4.90 Å². The quantitative estimate of drug-likeness (QED) is 0.455. The Kier molecular flexibility index (Phi) is 6.88. The van der Waals surface area contributed by atoms with Gasteiger partial charge in [-0.25, -0.2) is 9.78 Å². The molecule has 7 nitrogen and oxygen atoms in total. The summed E-state index contributed by atoms with van der Waals surface area (Å²) in [7, 11) is 0. The second-order valence-electron chi connectivity index (χ2n) is 7.59. The number of hydrogen-bond acceptors (Lipinski definition) is 7. The zero-order valence-corrected chi connectivity index (χ0v) is 19.2. The van der Waals surface area contributed by atoms with Gasteiger partial charge in [-0.3, -0.25) is 14.5 Å². The van der Waals surface area contributed by atoms with Gasteiger partial charge in [0.05, 0.1) is 17.2 Å². The molecule has 0 spiro atoms. The molecular weight excluding hydrogens is 410 g/mol. The van der Waals surface area contributed by atoms with Crippen LogP contribution in [-0.4, -0.2) is 57.5 Å². The van der Waals surface area contributed by atoms with Gasteiger partial charge in [0.25, 0.3) is 5.91 Å². The van der Waals surface area contributed by atoms with Gasteiger partial charge in [0.1, 0.15) is 10.9 Å². The van der Waals surface area contributed by atoms with E-state index >= 15 is 0 Å². The minimum Gasteiger partial charge on any atom is -0.462 e. The van der Waals surface area contributed by atoms with E-state index < -0.39 is 12.0 Å². The largest absolute Gasteiger partial charge is 0.462 e. The summed E-state index contributed by atoms with van der Waals surface area (Å²) in [4.78, 5) is 46.4. The summed E-state index contributed by atoms with van der Waals surface area (Å²) in [6, 6.07) is -0.475. The highest BCUT2D eigenvalue weighted by molar-refractivity contribution is 8.01. The molecule has 2 fully saturated rings. The third-order valence-corrected chi connectivity index (χ3v) is 8.12. The van der Waals surface area contributed by atoms with Crippen LogP contribution in [0.5, 0.6) is 0 Å². The minimum atomic E-state index is -0.475. The molecule has 0 aromatic carbocycles. The molecule has 1 aromatic heterocycles. The highest BCUT2D eigenvalue weighted by Gasteiger charge is 2.53. The highest BCUT2D eigenvalue weighted by Crippen LogP contribution is 2.47. The molecule has 2 aliphatic rings. The van der Waals surface area contributed by atoms with E-state index in [0.717, 1.165) is 25.7 Å². The number of nitrogens with zero attached hydrogens (tertiary/aromatic N) is 3. The number of fused-ring (bicyclic) bond motifs is 1. The van der Waals surface area contributed by atoms with Crippen LogP contribution in [0.4, 0.5) is 5.13 Å². The summed E-state index contributed by atoms with van der Waals surface area (Å²) < 4.78 is 5.12. The van der Waals surface area contributed by atoms with Crippen molar-refractivity contribution in [1.29, 1.82) is 0 Å². The molecule has 3 rings (SSSR count). The zero-order valence-electron chi connectivity index (χ0n) is 17.5. The standard InChI is InChI=1S/C20H29N3O4S2/c1-5-7-8-11-22(19-21-13(3)16(29-19)18(26)27-6-2)17(25)14-12-28-20(4)10-9-15(24)23(14)20/h14H,5-12H2,1-4H3. The molecule has 2 amide bonds. The lowest BCUT2D eigenvalue weighted by Gasteiger charge is -2.32. The zero-order chi connectivity index (χ0) is 21.2. The minimum absolute atomic E-state index is 0.0480. The lowest BCUT2D eigenvalue weighted by molar-refractivity contribution is -0.136. The molecule has 0 saturated carbocycles. The average Bonchev–Trinajstić information content (AvgIpc) is 3.32. The number of rotatable bonds is 8. The normalized spacial score (nSPS) is 23.4. The molecule has 1 aromatic rings. The van der Waals surface area contributed by atoms with Crippen molar-refractivity contribution < 1.29 is 19.1 Å². The number of aromatic nitrogens is 1. The second-order valence-corrected chi connectivity index (χ2v) is 10.1. The Morgan fingerprint density at radius 2 is 2.10 bits per heavy atom. The van der Waals surface area contributed by atoms with Gasteiger partial charge < -0.3 is 9.64 Å². The number of esters is 1. The first kappa shape index (κ1) is 22.1. The topological polar surface area (TPSA) is 79.8 Å². The van der Waals surface area contributed by atoms with E-state index in [1.165, 1.54) is 11.3 Å². The van der Waals surface area contributed by atoms with Crippen LogP contribution in [0.1, 0.15) is 68.2 Å². The molecule has 3 heterocycles. The van der Waals surface area contributed by atoms with E-state index in [1.54, 1.807) is 35.4 Å². The van der Waals surface area contributed by atoms with Gasteiger partial charge in [0.15, 0.2) is 5.13 Å². The number of thioether (sulfide) groups is 1. The number of hydrogen-bond donors (Lipinski definition) is 0. The van der Waals surface area contributed by atoms with E-state index in [2.05, 4.69) is 11.9 Å². The maximum absolute atomic E-state index is 13.6. The molecule has 9 heteroatoms. The molecule has 2 atom stereocenters. The number of ether oxygens (including phenoxy) is 1. The molecular formula is C20H29N3O4S2. The Morgan fingerprint density at radius 1 is 1.34 bits per heavy atom. The van der Waals surface area contributed by atoms with Gasteiger partial charge >= 0.3 is 5.97 Å². The predicted octanol–water partition coefficient (Wildman–Crippen LogP) is 3.61. The Labute approximate surface area is 180 Å². The maximum atomic E-state index is 13.6. The first-order chi connectivity index (χ1) is 13.8. The van der Waals surface area contributed by atoms with Crippen molar-refractivity contribution in [3.05, 3.63) is 10.6 Å². The van der Waals surface area contributed by atoms with Crippen molar-refractivity contribution in [2.45, 2.75) is 70.7 Å². The second kappa shape index (κ2) is 9.04. The number of carbonyl (C=O) groups excluding carboxylic acids is 3. The number of amides is 2. The number of thiazole rings is 1. The summed E-state index contributed by atoms with van der Waals surface area (Å²) in [6.07, 6.45) is 4.15. The van der Waals surface area contributed by atoms with Crippen LogP contribution in [0, 0.1) is 6.92 Å². The lowest BCUT2D eigenvalue weighted by atomic mass is 10.2. The van der Waals surface area contributed by atoms with Crippen LogP contribution in [0.25, 0.3) is 0 Å². The summed E-state index contributed by atoms with van der Waals surface area (Å²) in [6.45, 7) is 8.50. The van der Waals surface area contributed by atoms with Gasteiger partial charge in [-0.1, -0.05) is 31.1 Å². The van der Waals surface area contributed by atoms with Crippen LogP contribution in [0.15, 0.2) is 0 Å². The smallest absolute Gasteiger partial charge is 0.350 e. The molecule has 2 saturated heterocycles. The van der Waals surface area contributed by atoms with E-state index in [0.29, 0.717) is 41.0 Å². The molecule has 2 unspecified atom stereocenters. The van der Waals surface area contributed by atoms with Gasteiger partial charge in [-0.05, 0) is 33.6 Å². The third-order valence-electron chi connectivity index (χ3n) is 5.46.